The van der Waals surface area contributed by atoms with Crippen molar-refractivity contribution in [2.45, 2.75) is 19.8 Å². The number of nitriles is 1. The molecular formula is C9H8N4O. The van der Waals surface area contributed by atoms with Gasteiger partial charge in [0, 0.05) is 11.8 Å². The van der Waals surface area contributed by atoms with Gasteiger partial charge in [-0.25, -0.2) is 4.98 Å². The lowest BCUT2D eigenvalue weighted by Crippen LogP contribution is -2.19. The molecule has 5 nitrogen and oxygen atoms in total. The van der Waals surface area contributed by atoms with Crippen LogP contribution in [0.25, 0.3) is 0 Å². The molecule has 70 valence electrons. The fourth-order valence-corrected chi connectivity index (χ4v) is 1.45. The molecule has 1 aromatic rings. The van der Waals surface area contributed by atoms with Gasteiger partial charge >= 0.3 is 0 Å². The maximum Gasteiger partial charge on any atom is 0.274 e. The van der Waals surface area contributed by atoms with E-state index < -0.39 is 5.92 Å². The van der Waals surface area contributed by atoms with Crippen molar-refractivity contribution in [1.82, 2.24) is 9.66 Å². The summed E-state index contributed by atoms with van der Waals surface area (Å²) in [6, 6.07) is 3.47. The van der Waals surface area contributed by atoms with Gasteiger partial charge in [0.15, 0.2) is 5.82 Å². The first-order valence-corrected chi connectivity index (χ1v) is 4.19. The summed E-state index contributed by atoms with van der Waals surface area (Å²) in [6.45, 7) is 3.45. The largest absolute Gasteiger partial charge is 0.274 e. The molecule has 2 heterocycles. The summed E-state index contributed by atoms with van der Waals surface area (Å²) in [5.74, 6) is -0.0578. The van der Waals surface area contributed by atoms with E-state index in [4.69, 9.17) is 5.26 Å². The molecule has 1 aliphatic rings. The van der Waals surface area contributed by atoms with Crippen LogP contribution in [0, 0.1) is 18.3 Å². The van der Waals surface area contributed by atoms with Crippen molar-refractivity contribution in [2.75, 3.05) is 0 Å². The lowest BCUT2D eigenvalue weighted by molar-refractivity contribution is 0.754. The van der Waals surface area contributed by atoms with E-state index >= 15 is 0 Å². The number of aromatic nitrogens is 2. The molecule has 0 aromatic carbocycles. The molecule has 0 fully saturated rings. The zero-order valence-electron chi connectivity index (χ0n) is 7.85. The van der Waals surface area contributed by atoms with Gasteiger partial charge in [-0.15, -0.1) is 0 Å². The van der Waals surface area contributed by atoms with Gasteiger partial charge in [-0.05, 0) is 13.8 Å². The van der Waals surface area contributed by atoms with Crippen molar-refractivity contribution in [3.8, 4) is 6.07 Å². The van der Waals surface area contributed by atoms with Gasteiger partial charge in [0.05, 0.1) is 11.8 Å². The van der Waals surface area contributed by atoms with Gasteiger partial charge in [0.25, 0.3) is 5.56 Å². The Balaban J connectivity index is 2.74. The molecule has 0 saturated heterocycles. The predicted molar refractivity (Wildman–Crippen MR) is 50.1 cm³/mol. The SMILES string of the molecule is CC1=Nn2c(nc(C)cc2=O)[C@H]1C#N. The number of hydrogen-bond donors (Lipinski definition) is 0. The van der Waals surface area contributed by atoms with Crippen molar-refractivity contribution in [1.29, 1.82) is 5.26 Å². The van der Waals surface area contributed by atoms with E-state index in [1.165, 1.54) is 10.7 Å². The number of nitrogens with zero attached hydrogens (tertiary/aromatic N) is 4. The zero-order chi connectivity index (χ0) is 10.3. The number of rotatable bonds is 0. The molecule has 5 heteroatoms. The van der Waals surface area contributed by atoms with Crippen LogP contribution in [0.15, 0.2) is 16.0 Å². The number of fused-ring (bicyclic) bond motifs is 1. The van der Waals surface area contributed by atoms with Crippen molar-refractivity contribution >= 4 is 5.71 Å². The molecule has 0 radical (unpaired) electrons. The maximum atomic E-state index is 11.4. The topological polar surface area (TPSA) is 71.0 Å². The zero-order valence-corrected chi connectivity index (χ0v) is 7.85. The first-order chi connectivity index (χ1) is 6.63. The van der Waals surface area contributed by atoms with Gasteiger partial charge in [-0.1, -0.05) is 0 Å². The van der Waals surface area contributed by atoms with Gasteiger partial charge in [0.2, 0.25) is 0 Å². The molecule has 14 heavy (non-hydrogen) atoms. The highest BCUT2D eigenvalue weighted by Crippen LogP contribution is 2.19. The third kappa shape index (κ3) is 1.04. The highest BCUT2D eigenvalue weighted by Gasteiger charge is 2.26. The minimum atomic E-state index is -0.484. The van der Waals surface area contributed by atoms with Crippen LogP contribution in [0.4, 0.5) is 0 Å². The Hall–Kier alpha value is -1.96. The fraction of sp³-hybridized carbons (Fsp3) is 0.333. The maximum absolute atomic E-state index is 11.4. The van der Waals surface area contributed by atoms with Crippen LogP contribution in [0.1, 0.15) is 24.4 Å². The predicted octanol–water partition coefficient (Wildman–Crippen LogP) is 0.396. The van der Waals surface area contributed by atoms with Crippen LogP contribution in [-0.2, 0) is 0 Å². The van der Waals surface area contributed by atoms with Gasteiger partial charge in [-0.2, -0.15) is 15.0 Å². The Morgan fingerprint density at radius 3 is 2.93 bits per heavy atom. The molecule has 1 aromatic heterocycles. The van der Waals surface area contributed by atoms with Gasteiger partial charge in [-0.3, -0.25) is 4.79 Å². The van der Waals surface area contributed by atoms with Crippen LogP contribution in [0.3, 0.4) is 0 Å². The summed E-state index contributed by atoms with van der Waals surface area (Å²) in [4.78, 5) is 15.6. The molecule has 2 rings (SSSR count). The first kappa shape index (κ1) is 8.63. The van der Waals surface area contributed by atoms with Gasteiger partial charge in [0.1, 0.15) is 5.92 Å². The van der Waals surface area contributed by atoms with Crippen molar-refractivity contribution < 1.29 is 0 Å². The molecule has 0 spiro atoms. The Kier molecular flexibility index (Phi) is 1.71. The van der Waals surface area contributed by atoms with Crippen LogP contribution >= 0.6 is 0 Å². The summed E-state index contributed by atoms with van der Waals surface area (Å²) < 4.78 is 1.19. The molecule has 0 aliphatic carbocycles. The summed E-state index contributed by atoms with van der Waals surface area (Å²) >= 11 is 0. The molecule has 0 bridgehead atoms. The van der Waals surface area contributed by atoms with E-state index in [0.29, 0.717) is 17.2 Å². The highest BCUT2D eigenvalue weighted by atomic mass is 16.1. The Labute approximate surface area is 80.3 Å². The van der Waals surface area contributed by atoms with Crippen molar-refractivity contribution in [2.24, 2.45) is 5.10 Å². The second kappa shape index (κ2) is 2.77. The quantitative estimate of drug-likeness (QED) is 0.591. The molecule has 1 aliphatic heterocycles. The summed E-state index contributed by atoms with van der Waals surface area (Å²) in [5.41, 5.74) is 0.999. The average Bonchev–Trinajstić information content (AvgIpc) is 2.41. The minimum absolute atomic E-state index is 0.232. The van der Waals surface area contributed by atoms with E-state index in [9.17, 15) is 4.79 Å². The molecule has 0 saturated carbocycles. The normalized spacial score (nSPS) is 18.6. The lowest BCUT2D eigenvalue weighted by atomic mass is 10.1. The average molecular weight is 188 g/mol. The Bertz CT molecular complexity index is 521. The molecular weight excluding hydrogens is 180 g/mol. The van der Waals surface area contributed by atoms with E-state index in [0.717, 1.165) is 0 Å². The summed E-state index contributed by atoms with van der Waals surface area (Å²) in [7, 11) is 0. The Morgan fingerprint density at radius 2 is 2.29 bits per heavy atom. The number of aryl methyl sites for hydroxylation is 1. The fourth-order valence-electron chi connectivity index (χ4n) is 1.45. The van der Waals surface area contributed by atoms with Crippen LogP contribution < -0.4 is 5.56 Å². The second-order valence-corrected chi connectivity index (χ2v) is 3.21. The summed E-state index contributed by atoms with van der Waals surface area (Å²) in [5, 5.41) is 12.9. The van der Waals surface area contributed by atoms with E-state index in [-0.39, 0.29) is 5.56 Å². The molecule has 0 amide bonds. The molecule has 1 atom stereocenters. The smallest absolute Gasteiger partial charge is 0.267 e. The van der Waals surface area contributed by atoms with Crippen LogP contribution in [0.5, 0.6) is 0 Å². The van der Waals surface area contributed by atoms with E-state index in [1.54, 1.807) is 13.8 Å². The third-order valence-electron chi connectivity index (χ3n) is 2.11. The number of hydrogen-bond acceptors (Lipinski definition) is 4. The summed E-state index contributed by atoms with van der Waals surface area (Å²) in [6.07, 6.45) is 0. The van der Waals surface area contributed by atoms with Gasteiger partial charge < -0.3 is 0 Å². The first-order valence-electron chi connectivity index (χ1n) is 4.19. The third-order valence-corrected chi connectivity index (χ3v) is 2.11. The monoisotopic (exact) mass is 188 g/mol. The lowest BCUT2D eigenvalue weighted by Gasteiger charge is -2.01. The van der Waals surface area contributed by atoms with Crippen LogP contribution in [-0.4, -0.2) is 15.4 Å². The minimum Gasteiger partial charge on any atom is -0.267 e. The van der Waals surface area contributed by atoms with E-state index in [2.05, 4.69) is 16.2 Å². The Morgan fingerprint density at radius 1 is 1.57 bits per heavy atom. The van der Waals surface area contributed by atoms with Crippen LogP contribution in [0.2, 0.25) is 0 Å². The molecule has 0 unspecified atom stereocenters. The van der Waals surface area contributed by atoms with E-state index in [1.807, 2.05) is 0 Å². The second-order valence-electron chi connectivity index (χ2n) is 3.21. The van der Waals surface area contributed by atoms with Crippen molar-refractivity contribution in [3.05, 3.63) is 27.9 Å². The standard InChI is InChI=1S/C9H8N4O/c1-5-3-8(14)13-9(11-5)7(4-10)6(2)12-13/h3,7H,1-2H3/t7-/m0/s1. The molecule has 0 N–H and O–H groups in total. The van der Waals surface area contributed by atoms with Crippen molar-refractivity contribution in [3.63, 3.8) is 0 Å². The highest BCUT2D eigenvalue weighted by molar-refractivity contribution is 5.92.